The fourth-order valence-corrected chi connectivity index (χ4v) is 6.53. The van der Waals surface area contributed by atoms with Gasteiger partial charge in [-0.3, -0.25) is 0 Å². The zero-order valence-corrected chi connectivity index (χ0v) is 14.7. The number of phenols is 1. The minimum absolute atomic E-state index is 0.0119. The molecule has 4 N–H and O–H groups in total. The van der Waals surface area contributed by atoms with Gasteiger partial charge in [0, 0.05) is 28.9 Å². The Morgan fingerprint density at radius 2 is 2.04 bits per heavy atom. The van der Waals surface area contributed by atoms with Gasteiger partial charge in [-0.25, -0.2) is 0 Å². The maximum Gasteiger partial charge on any atom is 0.166 e. The van der Waals surface area contributed by atoms with Crippen LogP contribution in [0.15, 0.2) is 36.4 Å². The molecule has 2 aliphatic heterocycles. The smallest absolute Gasteiger partial charge is 0.166 e. The SMILES string of the molecule is Oc1ccc2c3c1O[C@H]1c4[nH]c5ccccc5c4C[C@@]4(O)[C@H](C2)NCC[C@]314. The third-order valence-electron chi connectivity index (χ3n) is 7.59. The molecule has 0 unspecified atom stereocenters. The molecule has 4 atom stereocenters. The van der Waals surface area contributed by atoms with Gasteiger partial charge in [0.05, 0.1) is 16.7 Å². The molecule has 0 amide bonds. The Morgan fingerprint density at radius 1 is 1.15 bits per heavy atom. The molecule has 7 rings (SSSR count). The normalized spacial score (nSPS) is 34.9. The van der Waals surface area contributed by atoms with E-state index in [9.17, 15) is 10.2 Å². The van der Waals surface area contributed by atoms with Crippen molar-refractivity contribution >= 4 is 10.9 Å². The van der Waals surface area contributed by atoms with Gasteiger partial charge >= 0.3 is 0 Å². The Kier molecular flexibility index (Phi) is 2.33. The Hall–Kier alpha value is -2.50. The number of ether oxygens (including phenoxy) is 1. The molecule has 5 nitrogen and oxygen atoms in total. The van der Waals surface area contributed by atoms with Crippen LogP contribution in [-0.2, 0) is 18.3 Å². The monoisotopic (exact) mass is 360 g/mol. The number of nitrogens with one attached hydrogen (secondary N) is 2. The summed E-state index contributed by atoms with van der Waals surface area (Å²) in [6, 6.07) is 12.0. The van der Waals surface area contributed by atoms with Crippen molar-refractivity contribution in [3.8, 4) is 11.5 Å². The van der Waals surface area contributed by atoms with Crippen molar-refractivity contribution in [3.05, 3.63) is 58.8 Å². The molecule has 1 spiro atoms. The first kappa shape index (κ1) is 14.5. The summed E-state index contributed by atoms with van der Waals surface area (Å²) < 4.78 is 6.46. The van der Waals surface area contributed by atoms with Crippen LogP contribution in [0.4, 0.5) is 0 Å². The highest BCUT2D eigenvalue weighted by Crippen LogP contribution is 2.67. The molecule has 3 aromatic rings. The molecule has 4 aliphatic rings. The first-order valence-corrected chi connectivity index (χ1v) is 9.71. The number of piperidine rings is 1. The van der Waals surface area contributed by atoms with E-state index >= 15 is 0 Å². The number of H-pyrrole nitrogens is 1. The van der Waals surface area contributed by atoms with E-state index in [1.165, 1.54) is 5.56 Å². The van der Waals surface area contributed by atoms with E-state index in [1.54, 1.807) is 6.07 Å². The summed E-state index contributed by atoms with van der Waals surface area (Å²) in [6.07, 6.45) is 1.85. The number of phenolic OH excluding ortho intramolecular Hbond substituents is 1. The predicted molar refractivity (Wildman–Crippen MR) is 100 cm³/mol. The highest BCUT2D eigenvalue weighted by molar-refractivity contribution is 5.86. The number of rotatable bonds is 0. The molecule has 1 fully saturated rings. The number of aromatic nitrogens is 1. The number of aliphatic hydroxyl groups is 1. The minimum atomic E-state index is -0.931. The maximum atomic E-state index is 12.2. The van der Waals surface area contributed by atoms with Crippen molar-refractivity contribution < 1.29 is 14.9 Å². The molecule has 1 aromatic heterocycles. The van der Waals surface area contributed by atoms with Crippen LogP contribution in [0.3, 0.4) is 0 Å². The summed E-state index contributed by atoms with van der Waals surface area (Å²) in [7, 11) is 0. The number of benzene rings is 2. The van der Waals surface area contributed by atoms with Crippen LogP contribution in [-0.4, -0.2) is 33.4 Å². The third kappa shape index (κ3) is 1.39. The summed E-state index contributed by atoms with van der Waals surface area (Å²) in [6.45, 7) is 0.844. The van der Waals surface area contributed by atoms with Crippen molar-refractivity contribution in [1.29, 1.82) is 0 Å². The van der Waals surface area contributed by atoms with Crippen LogP contribution in [0.5, 0.6) is 11.5 Å². The van der Waals surface area contributed by atoms with E-state index in [1.807, 2.05) is 18.2 Å². The van der Waals surface area contributed by atoms with E-state index < -0.39 is 11.0 Å². The molecule has 27 heavy (non-hydrogen) atoms. The van der Waals surface area contributed by atoms with E-state index in [2.05, 4.69) is 22.4 Å². The lowest BCUT2D eigenvalue weighted by atomic mass is 9.49. The number of aromatic hydroxyl groups is 1. The molecular weight excluding hydrogens is 340 g/mol. The van der Waals surface area contributed by atoms with Crippen LogP contribution in [0.1, 0.15) is 34.9 Å². The highest BCUT2D eigenvalue weighted by atomic mass is 16.5. The lowest BCUT2D eigenvalue weighted by Gasteiger charge is -2.59. The standard InChI is InChI=1S/C22H20N2O3/c25-15-6-5-11-9-16-22(26)10-13-12-3-1-2-4-14(12)24-18(13)20-21(22,7-8-23-16)17(11)19(15)27-20/h1-6,16,20,23-26H,7-10H2/t16-,20-,21-,22+/m0/s1. The first-order valence-electron chi connectivity index (χ1n) is 9.71. The summed E-state index contributed by atoms with van der Waals surface area (Å²) in [5.41, 5.74) is 4.07. The number of fused-ring (bicyclic) bond motifs is 4. The Morgan fingerprint density at radius 3 is 2.96 bits per heavy atom. The van der Waals surface area contributed by atoms with Crippen LogP contribution in [0.25, 0.3) is 10.9 Å². The van der Waals surface area contributed by atoms with Gasteiger partial charge in [0.15, 0.2) is 17.6 Å². The molecule has 0 radical (unpaired) electrons. The largest absolute Gasteiger partial charge is 0.504 e. The fourth-order valence-electron chi connectivity index (χ4n) is 6.53. The third-order valence-corrected chi connectivity index (χ3v) is 7.59. The zero-order chi connectivity index (χ0) is 18.0. The second kappa shape index (κ2) is 4.32. The average Bonchev–Trinajstić information content (AvgIpc) is 3.18. The van der Waals surface area contributed by atoms with Crippen LogP contribution < -0.4 is 10.1 Å². The predicted octanol–water partition coefficient (Wildman–Crippen LogP) is 2.45. The van der Waals surface area contributed by atoms with Crippen molar-refractivity contribution in [2.75, 3.05) is 6.54 Å². The number of hydrogen-bond donors (Lipinski definition) is 4. The number of hydrogen-bond acceptors (Lipinski definition) is 4. The van der Waals surface area contributed by atoms with E-state index in [-0.39, 0.29) is 17.9 Å². The quantitative estimate of drug-likeness (QED) is 0.497. The molecular formula is C22H20N2O3. The van der Waals surface area contributed by atoms with Gasteiger partial charge in [-0.15, -0.1) is 0 Å². The van der Waals surface area contributed by atoms with Gasteiger partial charge in [0.1, 0.15) is 0 Å². The summed E-state index contributed by atoms with van der Waals surface area (Å²) >= 11 is 0. The second-order valence-corrected chi connectivity index (χ2v) is 8.54. The zero-order valence-electron chi connectivity index (χ0n) is 14.7. The Bertz CT molecular complexity index is 1150. The summed E-state index contributed by atoms with van der Waals surface area (Å²) in [4.78, 5) is 3.58. The maximum absolute atomic E-state index is 12.2. The number of aromatic amines is 1. The Balaban J connectivity index is 1.62. The van der Waals surface area contributed by atoms with Gasteiger partial charge in [-0.05, 0) is 42.6 Å². The molecule has 136 valence electrons. The van der Waals surface area contributed by atoms with Gasteiger partial charge in [-0.2, -0.15) is 0 Å². The lowest BCUT2D eigenvalue weighted by Crippen LogP contribution is -2.73. The minimum Gasteiger partial charge on any atom is -0.504 e. The van der Waals surface area contributed by atoms with Gasteiger partial charge < -0.3 is 25.3 Å². The van der Waals surface area contributed by atoms with Crippen molar-refractivity contribution in [1.82, 2.24) is 10.3 Å². The molecule has 2 aliphatic carbocycles. The highest BCUT2D eigenvalue weighted by Gasteiger charge is 2.71. The van der Waals surface area contributed by atoms with E-state index in [0.29, 0.717) is 12.2 Å². The van der Waals surface area contributed by atoms with Gasteiger partial charge in [0.25, 0.3) is 0 Å². The molecule has 0 saturated carbocycles. The van der Waals surface area contributed by atoms with Gasteiger partial charge in [-0.1, -0.05) is 24.3 Å². The van der Waals surface area contributed by atoms with Crippen LogP contribution in [0.2, 0.25) is 0 Å². The van der Waals surface area contributed by atoms with Crippen LogP contribution in [0, 0.1) is 0 Å². The molecule has 3 heterocycles. The average molecular weight is 360 g/mol. The van der Waals surface area contributed by atoms with E-state index in [4.69, 9.17) is 4.74 Å². The fraction of sp³-hybridized carbons (Fsp3) is 0.364. The topological polar surface area (TPSA) is 77.5 Å². The second-order valence-electron chi connectivity index (χ2n) is 8.54. The molecule has 2 aromatic carbocycles. The first-order chi connectivity index (χ1) is 13.1. The van der Waals surface area contributed by atoms with Crippen molar-refractivity contribution in [3.63, 3.8) is 0 Å². The lowest BCUT2D eigenvalue weighted by molar-refractivity contribution is -0.134. The van der Waals surface area contributed by atoms with Crippen molar-refractivity contribution in [2.45, 2.75) is 42.4 Å². The number of para-hydroxylation sites is 1. The van der Waals surface area contributed by atoms with E-state index in [0.717, 1.165) is 47.1 Å². The Labute approximate surface area is 156 Å². The summed E-state index contributed by atoms with van der Waals surface area (Å²) in [5.74, 6) is 0.747. The van der Waals surface area contributed by atoms with Gasteiger partial charge in [0.2, 0.25) is 0 Å². The van der Waals surface area contributed by atoms with Crippen LogP contribution >= 0.6 is 0 Å². The van der Waals surface area contributed by atoms with Crippen molar-refractivity contribution in [2.24, 2.45) is 0 Å². The molecule has 1 saturated heterocycles. The summed E-state index contributed by atoms with van der Waals surface area (Å²) in [5, 5.41) is 27.5. The molecule has 2 bridgehead atoms. The molecule has 5 heteroatoms.